The maximum Gasteiger partial charge on any atom is 0.410 e. The molecule has 0 bridgehead atoms. The maximum atomic E-state index is 12.7. The average Bonchev–Trinajstić information content (AvgIpc) is 2.49. The van der Waals surface area contributed by atoms with E-state index in [1.54, 1.807) is 35.2 Å². The van der Waals surface area contributed by atoms with Gasteiger partial charge in [-0.25, -0.2) is 9.00 Å². The summed E-state index contributed by atoms with van der Waals surface area (Å²) < 4.78 is 22.0. The number of ether oxygens (including phenoxy) is 1. The highest BCUT2D eigenvalue weighted by molar-refractivity contribution is 7.93. The van der Waals surface area contributed by atoms with Gasteiger partial charge >= 0.3 is 6.09 Å². The molecule has 3 atom stereocenters. The first kappa shape index (κ1) is 19.4. The molecule has 2 amide bonds. The predicted molar refractivity (Wildman–Crippen MR) is 98.0 cm³/mol. The molecule has 6 nitrogen and oxygen atoms in total. The fourth-order valence-corrected chi connectivity index (χ4v) is 4.39. The van der Waals surface area contributed by atoms with Crippen molar-refractivity contribution in [2.45, 2.75) is 39.3 Å². The van der Waals surface area contributed by atoms with Crippen molar-refractivity contribution in [3.8, 4) is 0 Å². The van der Waals surface area contributed by atoms with Crippen molar-refractivity contribution in [1.29, 1.82) is 0 Å². The zero-order valence-electron chi connectivity index (χ0n) is 15.4. The van der Waals surface area contributed by atoms with Crippen molar-refractivity contribution in [3.63, 3.8) is 0 Å². The lowest BCUT2D eigenvalue weighted by atomic mass is 9.92. The van der Waals surface area contributed by atoms with E-state index in [1.807, 2.05) is 27.7 Å². The van der Waals surface area contributed by atoms with Gasteiger partial charge in [0, 0.05) is 36.1 Å². The highest BCUT2D eigenvalue weighted by atomic mass is 32.2. The summed E-state index contributed by atoms with van der Waals surface area (Å²) in [6, 6.07) is 8.51. The molecule has 1 fully saturated rings. The molecule has 0 N–H and O–H groups in total. The van der Waals surface area contributed by atoms with Crippen molar-refractivity contribution >= 4 is 21.7 Å². The number of nitrogens with zero attached hydrogens (tertiary/aromatic N) is 2. The monoisotopic (exact) mass is 366 g/mol. The molecule has 0 aliphatic carbocycles. The number of hydrogen-bond donors (Lipinski definition) is 0. The molecule has 0 radical (unpaired) electrons. The first-order valence-electron chi connectivity index (χ1n) is 8.27. The minimum atomic E-state index is -2.66. The summed E-state index contributed by atoms with van der Waals surface area (Å²) in [5.74, 6) is -0.145. The van der Waals surface area contributed by atoms with Crippen molar-refractivity contribution in [2.75, 3.05) is 18.6 Å². The Morgan fingerprint density at radius 2 is 1.88 bits per heavy atom. The summed E-state index contributed by atoms with van der Waals surface area (Å²) in [7, 11) is -2.66. The fraction of sp³-hybridized carbons (Fsp3) is 0.556. The van der Waals surface area contributed by atoms with E-state index in [0.29, 0.717) is 12.1 Å². The molecule has 1 aliphatic rings. The molecule has 1 aromatic rings. The molecule has 1 unspecified atom stereocenters. The normalized spacial score (nSPS) is 22.5. The van der Waals surface area contributed by atoms with E-state index in [4.69, 9.17) is 4.74 Å². The molecule has 1 aromatic carbocycles. The Morgan fingerprint density at radius 3 is 2.40 bits per heavy atom. The number of rotatable bonds is 3. The molecule has 25 heavy (non-hydrogen) atoms. The van der Waals surface area contributed by atoms with Crippen LogP contribution in [0.3, 0.4) is 0 Å². The fourth-order valence-electron chi connectivity index (χ4n) is 2.68. The van der Waals surface area contributed by atoms with Gasteiger partial charge in [0.25, 0.3) is 5.91 Å². The van der Waals surface area contributed by atoms with Crippen molar-refractivity contribution in [3.05, 3.63) is 35.9 Å². The molecule has 1 saturated heterocycles. The van der Waals surface area contributed by atoms with Crippen molar-refractivity contribution in [1.82, 2.24) is 4.90 Å². The average molecular weight is 366 g/mol. The van der Waals surface area contributed by atoms with E-state index in [9.17, 15) is 13.8 Å². The van der Waals surface area contributed by atoms with Crippen LogP contribution in [0.25, 0.3) is 0 Å². The molecule has 138 valence electrons. The van der Waals surface area contributed by atoms with Gasteiger partial charge in [-0.05, 0) is 39.8 Å². The van der Waals surface area contributed by atoms with Crippen LogP contribution in [0.15, 0.2) is 34.7 Å². The Balaban J connectivity index is 1.98. The number of carbonyl (C=O) groups is 2. The largest absolute Gasteiger partial charge is 0.444 e. The minimum absolute atomic E-state index is 0.0392. The first-order valence-corrected chi connectivity index (χ1v) is 10.4. The Hall–Kier alpha value is -1.89. The van der Waals surface area contributed by atoms with Gasteiger partial charge in [-0.3, -0.25) is 4.79 Å². The van der Waals surface area contributed by atoms with Gasteiger partial charge in [-0.15, -0.1) is 0 Å². The second-order valence-electron chi connectivity index (χ2n) is 7.52. The third kappa shape index (κ3) is 5.29. The number of likely N-dealkylation sites (tertiary alicyclic amines) is 1. The lowest BCUT2D eigenvalue weighted by molar-refractivity contribution is -0.0201. The highest BCUT2D eigenvalue weighted by Gasteiger charge is 2.41. The number of carbonyl (C=O) groups excluding carboxylic acids is 2. The molecule has 2 rings (SSSR count). The van der Waals surface area contributed by atoms with E-state index >= 15 is 0 Å². The van der Waals surface area contributed by atoms with E-state index in [-0.39, 0.29) is 23.8 Å². The van der Waals surface area contributed by atoms with E-state index in [0.717, 1.165) is 0 Å². The zero-order valence-corrected chi connectivity index (χ0v) is 16.2. The van der Waals surface area contributed by atoms with Gasteiger partial charge in [0.2, 0.25) is 0 Å². The van der Waals surface area contributed by atoms with E-state index < -0.39 is 21.2 Å². The Labute approximate surface area is 149 Å². The smallest absolute Gasteiger partial charge is 0.410 e. The summed E-state index contributed by atoms with van der Waals surface area (Å²) in [6.07, 6.45) is 1.13. The van der Waals surface area contributed by atoms with Crippen LogP contribution in [-0.2, 0) is 14.5 Å². The molecule has 0 aromatic heterocycles. The molecular weight excluding hydrogens is 340 g/mol. The highest BCUT2D eigenvalue weighted by Crippen LogP contribution is 2.28. The standard InChI is InChI=1S/C18H26N2O4S/c1-13-15(11-20(13)17(22)24-18(2,3)4)12-25(5,23)19-16(21)14-9-7-6-8-10-14/h6-10,13,15H,11-12H2,1-5H3/t13-,15-,25?/m1/s1. The first-order chi connectivity index (χ1) is 11.5. The third-order valence-corrected chi connectivity index (χ3v) is 5.65. The lowest BCUT2D eigenvalue weighted by Gasteiger charge is -2.46. The molecular formula is C18H26N2O4S. The summed E-state index contributed by atoms with van der Waals surface area (Å²) in [6.45, 7) is 7.82. The summed E-state index contributed by atoms with van der Waals surface area (Å²) in [5, 5.41) is 0. The van der Waals surface area contributed by atoms with Crippen LogP contribution in [0.2, 0.25) is 0 Å². The van der Waals surface area contributed by atoms with Crippen LogP contribution in [0.1, 0.15) is 38.1 Å². The van der Waals surface area contributed by atoms with Crippen LogP contribution in [0.4, 0.5) is 4.79 Å². The van der Waals surface area contributed by atoms with Gasteiger partial charge < -0.3 is 9.64 Å². The predicted octanol–water partition coefficient (Wildman–Crippen LogP) is 3.18. The lowest BCUT2D eigenvalue weighted by Crippen LogP contribution is -2.59. The second-order valence-corrected chi connectivity index (χ2v) is 9.96. The summed E-state index contributed by atoms with van der Waals surface area (Å²) >= 11 is 0. The van der Waals surface area contributed by atoms with Crippen molar-refractivity contribution < 1.29 is 18.5 Å². The van der Waals surface area contributed by atoms with Gasteiger partial charge in [0.05, 0.1) is 9.73 Å². The molecule has 0 saturated carbocycles. The van der Waals surface area contributed by atoms with E-state index in [1.165, 1.54) is 6.26 Å². The number of benzene rings is 1. The summed E-state index contributed by atoms with van der Waals surface area (Å²) in [5.41, 5.74) is -0.119. The Morgan fingerprint density at radius 1 is 1.28 bits per heavy atom. The molecule has 1 heterocycles. The van der Waals surface area contributed by atoms with E-state index in [2.05, 4.69) is 4.36 Å². The van der Waals surface area contributed by atoms with Crippen LogP contribution in [0.5, 0.6) is 0 Å². The summed E-state index contributed by atoms with van der Waals surface area (Å²) in [4.78, 5) is 25.8. The van der Waals surface area contributed by atoms with Gasteiger partial charge in [-0.2, -0.15) is 4.36 Å². The minimum Gasteiger partial charge on any atom is -0.444 e. The quantitative estimate of drug-likeness (QED) is 0.823. The van der Waals surface area contributed by atoms with Crippen LogP contribution >= 0.6 is 0 Å². The second kappa shape index (κ2) is 7.15. The topological polar surface area (TPSA) is 76.0 Å². The Kier molecular flexibility index (Phi) is 5.56. The van der Waals surface area contributed by atoms with Crippen LogP contribution < -0.4 is 0 Å². The van der Waals surface area contributed by atoms with Crippen molar-refractivity contribution in [2.24, 2.45) is 10.3 Å². The van der Waals surface area contributed by atoms with Crippen LogP contribution in [-0.4, -0.2) is 51.3 Å². The van der Waals surface area contributed by atoms with Gasteiger partial charge in [0.1, 0.15) is 5.60 Å². The third-order valence-electron chi connectivity index (χ3n) is 4.05. The van der Waals surface area contributed by atoms with Gasteiger partial charge in [0.15, 0.2) is 0 Å². The van der Waals surface area contributed by atoms with Gasteiger partial charge in [-0.1, -0.05) is 18.2 Å². The maximum absolute atomic E-state index is 12.7. The molecule has 0 spiro atoms. The zero-order chi connectivity index (χ0) is 18.8. The molecule has 1 aliphatic heterocycles. The van der Waals surface area contributed by atoms with Crippen LogP contribution in [0, 0.1) is 5.92 Å². The molecule has 7 heteroatoms. The Bertz CT molecular complexity index is 761. The number of amides is 2. The SMILES string of the molecule is C[C@@H]1[C@@H](CS(C)(=O)=NC(=O)c2ccccc2)CN1C(=O)OC(C)(C)C. The number of hydrogen-bond acceptors (Lipinski definition) is 4.